The summed E-state index contributed by atoms with van der Waals surface area (Å²) in [6.07, 6.45) is 10.0. The molecule has 0 unspecified atom stereocenters. The lowest BCUT2D eigenvalue weighted by molar-refractivity contribution is 0.0954. The van der Waals surface area contributed by atoms with Crippen molar-refractivity contribution in [2.24, 2.45) is 10.4 Å². The Morgan fingerprint density at radius 3 is 2.61 bits per heavy atom. The molecule has 28 heavy (non-hydrogen) atoms. The lowest BCUT2D eigenvalue weighted by atomic mass is 9.72. The van der Waals surface area contributed by atoms with E-state index in [1.165, 1.54) is 19.3 Å². The Labute approximate surface area is 185 Å². The average Bonchev–Trinajstić information content (AvgIpc) is 2.71. The van der Waals surface area contributed by atoms with E-state index in [4.69, 9.17) is 4.99 Å². The summed E-state index contributed by atoms with van der Waals surface area (Å²) in [6.45, 7) is 4.85. The highest BCUT2D eigenvalue weighted by molar-refractivity contribution is 14.0. The lowest BCUT2D eigenvalue weighted by Crippen LogP contribution is -2.42. The van der Waals surface area contributed by atoms with Gasteiger partial charge in [-0.25, -0.2) is 0 Å². The molecule has 1 aromatic rings. The Kier molecular flexibility index (Phi) is 12.1. The van der Waals surface area contributed by atoms with E-state index in [1.54, 1.807) is 24.5 Å². The van der Waals surface area contributed by atoms with Crippen LogP contribution in [0.25, 0.3) is 0 Å². The molecule has 0 aliphatic heterocycles. The summed E-state index contributed by atoms with van der Waals surface area (Å²) >= 11 is 0. The number of aromatic nitrogens is 1. The second kappa shape index (κ2) is 13.7. The number of rotatable bonds is 9. The highest BCUT2D eigenvalue weighted by atomic mass is 127. The summed E-state index contributed by atoms with van der Waals surface area (Å²) in [5.41, 5.74) is 0.686. The number of nitrogens with one attached hydrogen (secondary N) is 3. The van der Waals surface area contributed by atoms with Crippen molar-refractivity contribution in [3.8, 4) is 0 Å². The van der Waals surface area contributed by atoms with Gasteiger partial charge in [0, 0.05) is 45.2 Å². The first-order valence-corrected chi connectivity index (χ1v) is 10.0. The average molecular weight is 503 g/mol. The zero-order chi connectivity index (χ0) is 19.4. The maximum atomic E-state index is 12.0. The Bertz CT molecular complexity index is 586. The van der Waals surface area contributed by atoms with Gasteiger partial charge in [-0.3, -0.25) is 14.8 Å². The van der Waals surface area contributed by atoms with Crippen LogP contribution in [-0.4, -0.2) is 54.7 Å². The van der Waals surface area contributed by atoms with E-state index in [1.807, 2.05) is 6.92 Å². The molecule has 8 heteroatoms. The summed E-state index contributed by atoms with van der Waals surface area (Å²) in [4.78, 5) is 20.7. The summed E-state index contributed by atoms with van der Waals surface area (Å²) in [6, 6.07) is 3.49. The van der Waals surface area contributed by atoms with E-state index in [-0.39, 0.29) is 41.9 Å². The SMILES string of the molecule is CCNC(=NCC1(CCO)CCCCC1)NCCNC(=O)c1cccnc1.I. The van der Waals surface area contributed by atoms with Crippen molar-refractivity contribution in [3.05, 3.63) is 30.1 Å². The van der Waals surface area contributed by atoms with Crippen molar-refractivity contribution < 1.29 is 9.90 Å². The van der Waals surface area contributed by atoms with Gasteiger partial charge in [-0.05, 0) is 43.7 Å². The maximum absolute atomic E-state index is 12.0. The minimum atomic E-state index is -0.129. The monoisotopic (exact) mass is 503 g/mol. The molecule has 2 rings (SSSR count). The molecule has 1 aromatic heterocycles. The molecule has 1 fully saturated rings. The number of carbonyl (C=O) groups excluding carboxylic acids is 1. The van der Waals surface area contributed by atoms with Crippen molar-refractivity contribution in [2.45, 2.75) is 45.4 Å². The van der Waals surface area contributed by atoms with E-state index in [0.29, 0.717) is 18.7 Å². The van der Waals surface area contributed by atoms with Crippen LogP contribution in [0.1, 0.15) is 55.8 Å². The summed E-state index contributed by atoms with van der Waals surface area (Å²) in [7, 11) is 0. The number of guanidine groups is 1. The third kappa shape index (κ3) is 8.30. The molecule has 0 atom stereocenters. The molecular formula is C20H34IN5O2. The number of pyridine rings is 1. The van der Waals surface area contributed by atoms with Crippen LogP contribution in [0.2, 0.25) is 0 Å². The molecule has 0 aromatic carbocycles. The maximum Gasteiger partial charge on any atom is 0.252 e. The van der Waals surface area contributed by atoms with Crippen molar-refractivity contribution >= 4 is 35.8 Å². The van der Waals surface area contributed by atoms with Gasteiger partial charge in [0.2, 0.25) is 0 Å². The largest absolute Gasteiger partial charge is 0.396 e. The van der Waals surface area contributed by atoms with Crippen molar-refractivity contribution in [3.63, 3.8) is 0 Å². The molecule has 4 N–H and O–H groups in total. The van der Waals surface area contributed by atoms with Crippen LogP contribution >= 0.6 is 24.0 Å². The fourth-order valence-electron chi connectivity index (χ4n) is 3.57. The smallest absolute Gasteiger partial charge is 0.252 e. The zero-order valence-electron chi connectivity index (χ0n) is 16.7. The van der Waals surface area contributed by atoms with Gasteiger partial charge >= 0.3 is 0 Å². The summed E-state index contributed by atoms with van der Waals surface area (Å²) in [5, 5.41) is 18.8. The number of carbonyl (C=O) groups is 1. The molecule has 1 heterocycles. The molecular weight excluding hydrogens is 469 g/mol. The molecule has 158 valence electrons. The molecule has 0 spiro atoms. The zero-order valence-corrected chi connectivity index (χ0v) is 19.1. The highest BCUT2D eigenvalue weighted by Gasteiger charge is 2.31. The number of aliphatic hydroxyl groups is 1. The van der Waals surface area contributed by atoms with Crippen LogP contribution in [0.3, 0.4) is 0 Å². The van der Waals surface area contributed by atoms with Gasteiger partial charge in [0.1, 0.15) is 0 Å². The molecule has 1 saturated carbocycles. The van der Waals surface area contributed by atoms with Crippen LogP contribution in [0, 0.1) is 5.41 Å². The number of halogens is 1. The molecule has 7 nitrogen and oxygen atoms in total. The number of hydrogen-bond donors (Lipinski definition) is 4. The van der Waals surface area contributed by atoms with E-state index in [0.717, 1.165) is 38.3 Å². The van der Waals surface area contributed by atoms with Gasteiger partial charge in [0.05, 0.1) is 5.56 Å². The van der Waals surface area contributed by atoms with E-state index in [2.05, 4.69) is 20.9 Å². The van der Waals surface area contributed by atoms with Crippen molar-refractivity contribution in [1.82, 2.24) is 20.9 Å². The van der Waals surface area contributed by atoms with Gasteiger partial charge in [-0.1, -0.05) is 19.3 Å². The molecule has 1 aliphatic rings. The van der Waals surface area contributed by atoms with Gasteiger partial charge in [-0.15, -0.1) is 24.0 Å². The van der Waals surface area contributed by atoms with Gasteiger partial charge in [-0.2, -0.15) is 0 Å². The number of amides is 1. The topological polar surface area (TPSA) is 98.6 Å². The molecule has 0 radical (unpaired) electrons. The van der Waals surface area contributed by atoms with Crippen LogP contribution in [0.5, 0.6) is 0 Å². The second-order valence-corrected chi connectivity index (χ2v) is 7.15. The number of aliphatic imine (C=N–C) groups is 1. The predicted molar refractivity (Wildman–Crippen MR) is 123 cm³/mol. The van der Waals surface area contributed by atoms with Gasteiger partial charge in [0.15, 0.2) is 5.96 Å². The normalized spacial score (nSPS) is 16.0. The Hall–Kier alpha value is -1.42. The van der Waals surface area contributed by atoms with Gasteiger partial charge in [0.25, 0.3) is 5.91 Å². The Morgan fingerprint density at radius 2 is 1.96 bits per heavy atom. The first-order chi connectivity index (χ1) is 13.2. The number of aliphatic hydroxyl groups excluding tert-OH is 1. The van der Waals surface area contributed by atoms with E-state index in [9.17, 15) is 9.90 Å². The van der Waals surface area contributed by atoms with Crippen molar-refractivity contribution in [2.75, 3.05) is 32.8 Å². The van der Waals surface area contributed by atoms with Gasteiger partial charge < -0.3 is 21.1 Å². The Morgan fingerprint density at radius 1 is 1.21 bits per heavy atom. The van der Waals surface area contributed by atoms with Crippen LogP contribution in [0.4, 0.5) is 0 Å². The Balaban J connectivity index is 0.00000392. The summed E-state index contributed by atoms with van der Waals surface area (Å²) in [5.74, 6) is 0.631. The lowest BCUT2D eigenvalue weighted by Gasteiger charge is -2.35. The second-order valence-electron chi connectivity index (χ2n) is 7.15. The predicted octanol–water partition coefficient (Wildman–Crippen LogP) is 2.32. The van der Waals surface area contributed by atoms with Crippen molar-refractivity contribution in [1.29, 1.82) is 0 Å². The molecule has 0 bridgehead atoms. The first-order valence-electron chi connectivity index (χ1n) is 10.0. The number of hydrogen-bond acceptors (Lipinski definition) is 4. The van der Waals surface area contributed by atoms with Crippen LogP contribution in [0.15, 0.2) is 29.5 Å². The van der Waals surface area contributed by atoms with E-state index >= 15 is 0 Å². The molecule has 1 aliphatic carbocycles. The number of nitrogens with zero attached hydrogens (tertiary/aromatic N) is 2. The minimum Gasteiger partial charge on any atom is -0.396 e. The first kappa shape index (κ1) is 24.6. The third-order valence-electron chi connectivity index (χ3n) is 5.10. The third-order valence-corrected chi connectivity index (χ3v) is 5.10. The fraction of sp³-hybridized carbons (Fsp3) is 0.650. The van der Waals surface area contributed by atoms with E-state index < -0.39 is 0 Å². The quantitative estimate of drug-likeness (QED) is 0.180. The highest BCUT2D eigenvalue weighted by Crippen LogP contribution is 2.39. The molecule has 0 saturated heterocycles. The van der Waals surface area contributed by atoms with Crippen LogP contribution in [-0.2, 0) is 0 Å². The minimum absolute atomic E-state index is 0. The van der Waals surface area contributed by atoms with Crippen LogP contribution < -0.4 is 16.0 Å². The molecule has 1 amide bonds. The standard InChI is InChI=1S/C20H33N5O2.HI/c1-2-22-19(25-16-20(10-14-26)8-4-3-5-9-20)24-13-12-23-18(27)17-7-6-11-21-15-17;/h6-7,11,15,26H,2-5,8-10,12-14,16H2,1H3,(H,23,27)(H2,22,24,25);1H. The fourth-order valence-corrected chi connectivity index (χ4v) is 3.57. The summed E-state index contributed by atoms with van der Waals surface area (Å²) < 4.78 is 0.